The average Bonchev–Trinajstić information content (AvgIpc) is 3.30. The van der Waals surface area contributed by atoms with Gasteiger partial charge in [-0.2, -0.15) is 0 Å². The number of nitrogens with zero attached hydrogens (tertiary/aromatic N) is 2. The molecule has 31 heavy (non-hydrogen) atoms. The summed E-state index contributed by atoms with van der Waals surface area (Å²) in [5.41, 5.74) is 2.09. The normalized spacial score (nSPS) is 14.4. The topological polar surface area (TPSA) is 78.1 Å². The number of carbonyl (C=O) groups is 1. The molecule has 3 aromatic rings. The Morgan fingerprint density at radius 1 is 1.10 bits per heavy atom. The van der Waals surface area contributed by atoms with Gasteiger partial charge >= 0.3 is 0 Å². The Bertz CT molecular complexity index is 1080. The predicted octanol–water partition coefficient (Wildman–Crippen LogP) is 3.15. The van der Waals surface area contributed by atoms with Gasteiger partial charge in [0, 0.05) is 25.6 Å². The summed E-state index contributed by atoms with van der Waals surface area (Å²) >= 11 is 0. The number of aromatic amines is 1. The molecule has 0 bridgehead atoms. The lowest BCUT2D eigenvalue weighted by molar-refractivity contribution is -0.121. The summed E-state index contributed by atoms with van der Waals surface area (Å²) in [4.78, 5) is 34.5. The fourth-order valence-corrected chi connectivity index (χ4v) is 3.86. The molecular weight excluding hydrogens is 395 g/mol. The summed E-state index contributed by atoms with van der Waals surface area (Å²) in [7, 11) is 0. The zero-order valence-corrected chi connectivity index (χ0v) is 17.2. The van der Waals surface area contributed by atoms with Gasteiger partial charge in [-0.1, -0.05) is 42.5 Å². The maximum absolute atomic E-state index is 13.1. The van der Waals surface area contributed by atoms with Gasteiger partial charge in [-0.25, -0.2) is 9.37 Å². The summed E-state index contributed by atoms with van der Waals surface area (Å²) < 4.78 is 13.1. The van der Waals surface area contributed by atoms with Crippen molar-refractivity contribution in [3.63, 3.8) is 0 Å². The van der Waals surface area contributed by atoms with Crippen LogP contribution in [0.5, 0.6) is 0 Å². The van der Waals surface area contributed by atoms with E-state index in [4.69, 9.17) is 0 Å². The average molecular weight is 420 g/mol. The molecular formula is C24H25FN4O2. The number of H-pyrrole nitrogens is 1. The van der Waals surface area contributed by atoms with Gasteiger partial charge in [0.15, 0.2) is 0 Å². The molecule has 1 amide bonds. The Labute approximate surface area is 180 Å². The Morgan fingerprint density at radius 2 is 1.81 bits per heavy atom. The fraction of sp³-hybridized carbons (Fsp3) is 0.292. The standard InChI is InChI=1S/C24H25FN4O2/c25-19-10-8-17(9-11-19)14-22(30)27-21(18-6-2-1-3-7-18)15-20-16-23(31)28-24(26-20)29-12-4-5-13-29/h1-3,6-11,16,21H,4-5,12-15H2,(H,27,30)(H,26,28,31). The largest absolute Gasteiger partial charge is 0.349 e. The maximum atomic E-state index is 13.1. The van der Waals surface area contributed by atoms with E-state index >= 15 is 0 Å². The molecule has 1 unspecified atom stereocenters. The summed E-state index contributed by atoms with van der Waals surface area (Å²) in [6.07, 6.45) is 2.70. The first-order valence-electron chi connectivity index (χ1n) is 10.5. The predicted molar refractivity (Wildman–Crippen MR) is 117 cm³/mol. The summed E-state index contributed by atoms with van der Waals surface area (Å²) in [5.74, 6) is 0.0787. The van der Waals surface area contributed by atoms with Crippen LogP contribution in [0.4, 0.5) is 10.3 Å². The van der Waals surface area contributed by atoms with Gasteiger partial charge in [-0.15, -0.1) is 0 Å². The highest BCUT2D eigenvalue weighted by atomic mass is 19.1. The molecule has 2 aromatic carbocycles. The zero-order chi connectivity index (χ0) is 21.6. The van der Waals surface area contributed by atoms with Gasteiger partial charge in [-0.05, 0) is 36.1 Å². The molecule has 2 heterocycles. The zero-order valence-electron chi connectivity index (χ0n) is 17.2. The number of carbonyl (C=O) groups excluding carboxylic acids is 1. The maximum Gasteiger partial charge on any atom is 0.252 e. The molecule has 2 N–H and O–H groups in total. The van der Waals surface area contributed by atoms with Crippen LogP contribution in [0.2, 0.25) is 0 Å². The van der Waals surface area contributed by atoms with Crippen molar-refractivity contribution >= 4 is 11.9 Å². The molecule has 1 saturated heterocycles. The first kappa shape index (κ1) is 20.8. The van der Waals surface area contributed by atoms with Crippen molar-refractivity contribution in [2.45, 2.75) is 31.7 Å². The second kappa shape index (κ2) is 9.55. The van der Waals surface area contributed by atoms with E-state index in [1.807, 2.05) is 30.3 Å². The van der Waals surface area contributed by atoms with Gasteiger partial charge in [0.05, 0.1) is 18.2 Å². The molecule has 7 heteroatoms. The number of hydrogen-bond acceptors (Lipinski definition) is 4. The minimum absolute atomic E-state index is 0.144. The van der Waals surface area contributed by atoms with E-state index < -0.39 is 0 Å². The molecule has 1 aliphatic rings. The van der Waals surface area contributed by atoms with Crippen LogP contribution in [-0.2, 0) is 17.6 Å². The highest BCUT2D eigenvalue weighted by molar-refractivity contribution is 5.79. The van der Waals surface area contributed by atoms with Crippen LogP contribution in [0, 0.1) is 5.82 Å². The van der Waals surface area contributed by atoms with Crippen LogP contribution in [0.3, 0.4) is 0 Å². The van der Waals surface area contributed by atoms with E-state index in [-0.39, 0.29) is 29.7 Å². The molecule has 6 nitrogen and oxygen atoms in total. The third-order valence-corrected chi connectivity index (χ3v) is 5.42. The SMILES string of the molecule is O=C(Cc1ccc(F)cc1)NC(Cc1cc(=O)[nH]c(N2CCCC2)n1)c1ccccc1. The van der Waals surface area contributed by atoms with Crippen molar-refractivity contribution in [2.24, 2.45) is 0 Å². The molecule has 1 atom stereocenters. The lowest BCUT2D eigenvalue weighted by atomic mass is 10.0. The van der Waals surface area contributed by atoms with Gasteiger partial charge in [0.2, 0.25) is 11.9 Å². The van der Waals surface area contributed by atoms with Gasteiger partial charge < -0.3 is 10.2 Å². The highest BCUT2D eigenvalue weighted by Crippen LogP contribution is 2.20. The van der Waals surface area contributed by atoms with Crippen molar-refractivity contribution < 1.29 is 9.18 Å². The Morgan fingerprint density at radius 3 is 2.52 bits per heavy atom. The first-order chi connectivity index (χ1) is 15.1. The summed E-state index contributed by atoms with van der Waals surface area (Å²) in [6, 6.07) is 16.7. The quantitative estimate of drug-likeness (QED) is 0.616. The molecule has 1 fully saturated rings. The number of nitrogens with one attached hydrogen (secondary N) is 2. The first-order valence-corrected chi connectivity index (χ1v) is 10.5. The van der Waals surface area contributed by atoms with E-state index in [0.717, 1.165) is 37.1 Å². The highest BCUT2D eigenvalue weighted by Gasteiger charge is 2.19. The van der Waals surface area contributed by atoms with Gasteiger partial charge in [0.1, 0.15) is 5.82 Å². The van der Waals surface area contributed by atoms with Crippen molar-refractivity contribution in [3.8, 4) is 0 Å². The van der Waals surface area contributed by atoms with Crippen LogP contribution in [0.25, 0.3) is 0 Å². The third-order valence-electron chi connectivity index (χ3n) is 5.42. The van der Waals surface area contributed by atoms with Gasteiger partial charge in [0.25, 0.3) is 5.56 Å². The number of amides is 1. The van der Waals surface area contributed by atoms with Crippen molar-refractivity contribution in [1.82, 2.24) is 15.3 Å². The number of rotatable bonds is 7. The minimum Gasteiger partial charge on any atom is -0.349 e. The number of benzene rings is 2. The number of hydrogen-bond donors (Lipinski definition) is 2. The molecule has 4 rings (SSSR count). The summed E-state index contributed by atoms with van der Waals surface area (Å²) in [5, 5.41) is 3.05. The van der Waals surface area contributed by atoms with E-state index in [1.54, 1.807) is 12.1 Å². The number of aromatic nitrogens is 2. The van der Waals surface area contributed by atoms with Gasteiger partial charge in [-0.3, -0.25) is 14.6 Å². The van der Waals surface area contributed by atoms with Crippen LogP contribution < -0.4 is 15.8 Å². The third kappa shape index (κ3) is 5.57. The van der Waals surface area contributed by atoms with E-state index in [1.165, 1.54) is 18.2 Å². The minimum atomic E-state index is -0.338. The second-order valence-corrected chi connectivity index (χ2v) is 7.79. The molecule has 0 aliphatic carbocycles. The molecule has 1 aliphatic heterocycles. The Hall–Kier alpha value is -3.48. The molecule has 0 radical (unpaired) electrons. The molecule has 0 saturated carbocycles. The lowest BCUT2D eigenvalue weighted by Gasteiger charge is -2.21. The fourth-order valence-electron chi connectivity index (χ4n) is 3.86. The van der Waals surface area contributed by atoms with Crippen LogP contribution in [0.15, 0.2) is 65.5 Å². The van der Waals surface area contributed by atoms with Crippen molar-refractivity contribution in [2.75, 3.05) is 18.0 Å². The van der Waals surface area contributed by atoms with Crippen molar-refractivity contribution in [1.29, 1.82) is 0 Å². The van der Waals surface area contributed by atoms with Crippen LogP contribution in [0.1, 0.15) is 35.7 Å². The lowest BCUT2D eigenvalue weighted by Crippen LogP contribution is -2.32. The second-order valence-electron chi connectivity index (χ2n) is 7.79. The summed E-state index contributed by atoms with van der Waals surface area (Å²) in [6.45, 7) is 1.76. The van der Waals surface area contributed by atoms with Crippen LogP contribution >= 0.6 is 0 Å². The van der Waals surface area contributed by atoms with E-state index in [9.17, 15) is 14.0 Å². The van der Waals surface area contributed by atoms with Crippen molar-refractivity contribution in [3.05, 3.63) is 93.7 Å². The Kier molecular flexibility index (Phi) is 6.40. The van der Waals surface area contributed by atoms with Crippen LogP contribution in [-0.4, -0.2) is 29.0 Å². The number of anilines is 1. The number of halogens is 1. The molecule has 0 spiro atoms. The smallest absolute Gasteiger partial charge is 0.252 e. The molecule has 160 valence electrons. The van der Waals surface area contributed by atoms with E-state index in [0.29, 0.717) is 18.1 Å². The molecule has 1 aromatic heterocycles. The Balaban J connectivity index is 1.54. The monoisotopic (exact) mass is 420 g/mol. The van der Waals surface area contributed by atoms with E-state index in [2.05, 4.69) is 20.2 Å².